The van der Waals surface area contributed by atoms with Gasteiger partial charge in [-0.05, 0) is 64.5 Å². The number of hydrogen-bond acceptors (Lipinski definition) is 7. The van der Waals surface area contributed by atoms with Crippen LogP contribution in [0, 0.1) is 0 Å². The first-order valence-electron chi connectivity index (χ1n) is 10.6. The van der Waals surface area contributed by atoms with E-state index < -0.39 is 41.8 Å². The van der Waals surface area contributed by atoms with Crippen LogP contribution in [0.2, 0.25) is 0 Å². The van der Waals surface area contributed by atoms with Crippen LogP contribution in [0.15, 0.2) is 0 Å². The van der Waals surface area contributed by atoms with Crippen LogP contribution in [0.5, 0.6) is 0 Å². The maximum Gasteiger partial charge on any atom is 0.326 e. The van der Waals surface area contributed by atoms with Gasteiger partial charge in [0.1, 0.15) is 18.1 Å². The fourth-order valence-corrected chi connectivity index (χ4v) is 3.52. The van der Waals surface area contributed by atoms with E-state index in [0.717, 1.165) is 0 Å². The van der Waals surface area contributed by atoms with Crippen molar-refractivity contribution >= 4 is 23.7 Å². The van der Waals surface area contributed by atoms with Gasteiger partial charge in [-0.2, -0.15) is 0 Å². The van der Waals surface area contributed by atoms with Crippen LogP contribution in [0.3, 0.4) is 0 Å². The molecular formula is C19H36N6O5. The summed E-state index contributed by atoms with van der Waals surface area (Å²) >= 11 is 0. The Morgan fingerprint density at radius 1 is 0.933 bits per heavy atom. The lowest BCUT2D eigenvalue weighted by molar-refractivity contribution is -0.149. The third-order valence-electron chi connectivity index (χ3n) is 5.17. The summed E-state index contributed by atoms with van der Waals surface area (Å²) in [5, 5.41) is 14.7. The molecule has 172 valence electrons. The van der Waals surface area contributed by atoms with Crippen LogP contribution < -0.4 is 27.8 Å². The Balaban J connectivity index is 2.90. The molecule has 0 bridgehead atoms. The van der Waals surface area contributed by atoms with Crippen LogP contribution in [0.4, 0.5) is 0 Å². The van der Waals surface area contributed by atoms with E-state index in [1.54, 1.807) is 0 Å². The second-order valence-corrected chi connectivity index (χ2v) is 7.48. The van der Waals surface area contributed by atoms with Crippen molar-refractivity contribution in [2.45, 2.75) is 69.5 Å². The summed E-state index contributed by atoms with van der Waals surface area (Å²) in [7, 11) is 0. The minimum atomic E-state index is -1.05. The number of hydrogen-bond donors (Lipinski definition) is 6. The van der Waals surface area contributed by atoms with E-state index in [4.69, 9.17) is 17.2 Å². The van der Waals surface area contributed by atoms with Crippen molar-refractivity contribution in [1.82, 2.24) is 15.5 Å². The molecule has 3 amide bonds. The maximum atomic E-state index is 13.0. The first-order valence-corrected chi connectivity index (χ1v) is 10.6. The number of rotatable bonds is 14. The first-order chi connectivity index (χ1) is 14.3. The van der Waals surface area contributed by atoms with Crippen molar-refractivity contribution in [1.29, 1.82) is 0 Å². The lowest BCUT2D eigenvalue weighted by atomic mass is 10.0. The maximum absolute atomic E-state index is 13.0. The van der Waals surface area contributed by atoms with Crippen molar-refractivity contribution in [2.24, 2.45) is 17.2 Å². The predicted molar refractivity (Wildman–Crippen MR) is 111 cm³/mol. The third kappa shape index (κ3) is 8.25. The molecule has 1 saturated heterocycles. The van der Waals surface area contributed by atoms with Crippen molar-refractivity contribution in [2.75, 3.05) is 26.2 Å². The monoisotopic (exact) mass is 428 g/mol. The molecule has 1 fully saturated rings. The normalized spacial score (nSPS) is 18.0. The zero-order valence-electron chi connectivity index (χ0n) is 17.5. The standard InChI is InChI=1S/C19H36N6O5/c20-9-3-1-6-13(23-16(26)12-22)17(27)24-14(7-2-4-10-21)18(28)25-11-5-8-15(25)19(29)30/h13-15H,1-12,20-22H2,(H,23,26)(H,24,27)(H,29,30). The Hall–Kier alpha value is -2.24. The van der Waals surface area contributed by atoms with Crippen LogP contribution >= 0.6 is 0 Å². The summed E-state index contributed by atoms with van der Waals surface area (Å²) in [4.78, 5) is 50.4. The summed E-state index contributed by atoms with van der Waals surface area (Å²) in [5.41, 5.74) is 16.4. The molecule has 0 radical (unpaired) electrons. The molecule has 0 aromatic heterocycles. The average Bonchev–Trinajstić information content (AvgIpc) is 3.22. The van der Waals surface area contributed by atoms with E-state index in [-0.39, 0.29) is 6.54 Å². The SMILES string of the molecule is NCCCCC(NC(=O)CN)C(=O)NC(CCCCN)C(=O)N1CCCC1C(=O)O. The van der Waals surface area contributed by atoms with Gasteiger partial charge in [-0.25, -0.2) is 4.79 Å². The number of unbranched alkanes of at least 4 members (excludes halogenated alkanes) is 2. The third-order valence-corrected chi connectivity index (χ3v) is 5.17. The number of likely N-dealkylation sites (tertiary alicyclic amines) is 1. The van der Waals surface area contributed by atoms with Crippen LogP contribution in [-0.2, 0) is 19.2 Å². The highest BCUT2D eigenvalue weighted by Crippen LogP contribution is 2.20. The number of aliphatic carboxylic acids is 1. The van der Waals surface area contributed by atoms with Gasteiger partial charge in [0.2, 0.25) is 17.7 Å². The van der Waals surface area contributed by atoms with Crippen molar-refractivity contribution in [3.05, 3.63) is 0 Å². The molecule has 0 aromatic carbocycles. The zero-order valence-corrected chi connectivity index (χ0v) is 17.5. The number of nitrogens with zero attached hydrogens (tertiary/aromatic N) is 1. The lowest BCUT2D eigenvalue weighted by Crippen LogP contribution is -2.56. The number of carboxylic acid groups (broad SMARTS) is 1. The molecule has 0 aliphatic carbocycles. The highest BCUT2D eigenvalue weighted by molar-refractivity contribution is 5.93. The molecule has 11 nitrogen and oxygen atoms in total. The number of amides is 3. The van der Waals surface area contributed by atoms with E-state index in [1.165, 1.54) is 4.90 Å². The van der Waals surface area contributed by atoms with E-state index in [2.05, 4.69) is 10.6 Å². The number of carboxylic acids is 1. The first kappa shape index (κ1) is 25.8. The summed E-state index contributed by atoms with van der Waals surface area (Å²) in [6.45, 7) is 0.992. The number of nitrogens with two attached hydrogens (primary N) is 3. The topological polar surface area (TPSA) is 194 Å². The molecule has 3 unspecified atom stereocenters. The highest BCUT2D eigenvalue weighted by Gasteiger charge is 2.38. The molecule has 0 spiro atoms. The molecule has 1 aliphatic rings. The van der Waals surface area contributed by atoms with Gasteiger partial charge >= 0.3 is 5.97 Å². The summed E-state index contributed by atoms with van der Waals surface area (Å²) < 4.78 is 0. The van der Waals surface area contributed by atoms with Crippen molar-refractivity contribution in [3.8, 4) is 0 Å². The van der Waals surface area contributed by atoms with Gasteiger partial charge in [-0.3, -0.25) is 14.4 Å². The molecular weight excluding hydrogens is 392 g/mol. The lowest BCUT2D eigenvalue weighted by Gasteiger charge is -2.29. The molecule has 0 saturated carbocycles. The van der Waals surface area contributed by atoms with Crippen molar-refractivity contribution in [3.63, 3.8) is 0 Å². The van der Waals surface area contributed by atoms with Gasteiger partial charge in [-0.15, -0.1) is 0 Å². The summed E-state index contributed by atoms with van der Waals surface area (Å²) in [6, 6.07) is -2.61. The van der Waals surface area contributed by atoms with Crippen molar-refractivity contribution < 1.29 is 24.3 Å². The fraction of sp³-hybridized carbons (Fsp3) is 0.789. The van der Waals surface area contributed by atoms with E-state index in [1.807, 2.05) is 0 Å². The van der Waals surface area contributed by atoms with Crippen LogP contribution in [0.25, 0.3) is 0 Å². The molecule has 30 heavy (non-hydrogen) atoms. The van der Waals surface area contributed by atoms with Gasteiger partial charge in [0.25, 0.3) is 0 Å². The summed E-state index contributed by atoms with van der Waals surface area (Å²) in [5.74, 6) is -2.44. The van der Waals surface area contributed by atoms with E-state index in [9.17, 15) is 24.3 Å². The molecule has 9 N–H and O–H groups in total. The molecule has 3 atom stereocenters. The van der Waals surface area contributed by atoms with Gasteiger partial charge in [0.15, 0.2) is 0 Å². The Kier molecular flexibility index (Phi) is 11.9. The number of carbonyl (C=O) groups excluding carboxylic acids is 3. The Morgan fingerprint density at radius 2 is 1.53 bits per heavy atom. The fourth-order valence-electron chi connectivity index (χ4n) is 3.52. The zero-order chi connectivity index (χ0) is 22.5. The summed E-state index contributed by atoms with van der Waals surface area (Å²) in [6.07, 6.45) is 4.27. The largest absolute Gasteiger partial charge is 0.480 e. The van der Waals surface area contributed by atoms with Gasteiger partial charge in [-0.1, -0.05) is 0 Å². The highest BCUT2D eigenvalue weighted by atomic mass is 16.4. The molecule has 1 aliphatic heterocycles. The quantitative estimate of drug-likeness (QED) is 0.175. The molecule has 0 aromatic rings. The molecule has 11 heteroatoms. The average molecular weight is 429 g/mol. The second-order valence-electron chi connectivity index (χ2n) is 7.48. The number of nitrogens with one attached hydrogen (secondary N) is 2. The Bertz CT molecular complexity index is 588. The second kappa shape index (κ2) is 13.9. The predicted octanol–water partition coefficient (Wildman–Crippen LogP) is -1.75. The molecule has 1 rings (SSSR count). The van der Waals surface area contributed by atoms with Gasteiger partial charge < -0.3 is 37.8 Å². The number of carbonyl (C=O) groups is 4. The Morgan fingerprint density at radius 3 is 2.07 bits per heavy atom. The smallest absolute Gasteiger partial charge is 0.326 e. The minimum Gasteiger partial charge on any atom is -0.480 e. The van der Waals surface area contributed by atoms with E-state index in [0.29, 0.717) is 71.0 Å². The van der Waals surface area contributed by atoms with Crippen LogP contribution in [-0.4, -0.2) is 78.0 Å². The molecule has 1 heterocycles. The Labute approximate surface area is 177 Å². The van der Waals surface area contributed by atoms with Crippen LogP contribution in [0.1, 0.15) is 51.4 Å². The minimum absolute atomic E-state index is 0.256. The van der Waals surface area contributed by atoms with Gasteiger partial charge in [0, 0.05) is 6.54 Å². The van der Waals surface area contributed by atoms with E-state index >= 15 is 0 Å². The van der Waals surface area contributed by atoms with Gasteiger partial charge in [0.05, 0.1) is 6.54 Å².